The summed E-state index contributed by atoms with van der Waals surface area (Å²) in [5, 5.41) is 7.19. The van der Waals surface area contributed by atoms with Gasteiger partial charge in [0.1, 0.15) is 5.82 Å². The molecule has 0 spiro atoms. The number of halogens is 1. The molecule has 1 aromatic carbocycles. The molecule has 0 aliphatic heterocycles. The number of carbonyl (C=O) groups is 2. The van der Waals surface area contributed by atoms with Gasteiger partial charge in [-0.1, -0.05) is 6.07 Å². The van der Waals surface area contributed by atoms with Crippen LogP contribution in [0.5, 0.6) is 0 Å². The van der Waals surface area contributed by atoms with Crippen LogP contribution in [0.15, 0.2) is 18.2 Å². The normalized spacial score (nSPS) is 9.72. The monoisotopic (exact) mass is 253 g/mol. The minimum Gasteiger partial charge on any atom is -0.355 e. The zero-order valence-corrected chi connectivity index (χ0v) is 10.3. The minimum atomic E-state index is -0.621. The van der Waals surface area contributed by atoms with Crippen molar-refractivity contribution in [2.24, 2.45) is 0 Å². The summed E-state index contributed by atoms with van der Waals surface area (Å²) < 4.78 is 13.4. The number of anilines is 1. The second-order valence-corrected chi connectivity index (χ2v) is 3.74. The summed E-state index contributed by atoms with van der Waals surface area (Å²) in [7, 11) is 0. The third kappa shape index (κ3) is 4.40. The van der Waals surface area contributed by atoms with Crippen LogP contribution in [-0.4, -0.2) is 25.0 Å². The lowest BCUT2D eigenvalue weighted by molar-refractivity contribution is -0.119. The summed E-state index contributed by atoms with van der Waals surface area (Å²) in [6, 6.07) is 3.85. The van der Waals surface area contributed by atoms with E-state index in [0.29, 0.717) is 6.54 Å². The molecule has 98 valence electrons. The van der Waals surface area contributed by atoms with Gasteiger partial charge in [0.05, 0.1) is 12.2 Å². The van der Waals surface area contributed by atoms with E-state index in [2.05, 4.69) is 16.0 Å². The van der Waals surface area contributed by atoms with Crippen molar-refractivity contribution in [3.63, 3.8) is 0 Å². The van der Waals surface area contributed by atoms with E-state index in [-0.39, 0.29) is 18.1 Å². The average molecular weight is 253 g/mol. The number of rotatable bonds is 4. The van der Waals surface area contributed by atoms with Crippen LogP contribution in [0, 0.1) is 12.7 Å². The summed E-state index contributed by atoms with van der Waals surface area (Å²) in [5.74, 6) is -0.805. The topological polar surface area (TPSA) is 70.2 Å². The Hall–Kier alpha value is -2.11. The maximum Gasteiger partial charge on any atom is 0.319 e. The lowest BCUT2D eigenvalue weighted by atomic mass is 10.2. The molecular weight excluding hydrogens is 237 g/mol. The van der Waals surface area contributed by atoms with Crippen LogP contribution >= 0.6 is 0 Å². The molecule has 0 fully saturated rings. The van der Waals surface area contributed by atoms with Gasteiger partial charge in [-0.15, -0.1) is 0 Å². The van der Waals surface area contributed by atoms with Crippen molar-refractivity contribution in [1.29, 1.82) is 0 Å². The minimum absolute atomic E-state index is 0.0778. The number of carbonyl (C=O) groups excluding carboxylic acids is 2. The summed E-state index contributed by atoms with van der Waals surface area (Å²) in [4.78, 5) is 22.5. The van der Waals surface area contributed by atoms with E-state index in [9.17, 15) is 14.0 Å². The molecule has 3 N–H and O–H groups in total. The fourth-order valence-corrected chi connectivity index (χ4v) is 1.31. The number of aryl methyl sites for hydroxylation is 1. The first-order valence-electron chi connectivity index (χ1n) is 5.60. The third-order valence-electron chi connectivity index (χ3n) is 2.16. The van der Waals surface area contributed by atoms with Crippen molar-refractivity contribution in [1.82, 2.24) is 10.6 Å². The van der Waals surface area contributed by atoms with Crippen LogP contribution in [0.25, 0.3) is 0 Å². The van der Waals surface area contributed by atoms with Gasteiger partial charge >= 0.3 is 6.03 Å². The summed E-state index contributed by atoms with van der Waals surface area (Å²) in [5.41, 5.74) is 0.842. The number of urea groups is 1. The van der Waals surface area contributed by atoms with E-state index in [0.717, 1.165) is 5.56 Å². The van der Waals surface area contributed by atoms with Gasteiger partial charge in [0, 0.05) is 6.54 Å². The van der Waals surface area contributed by atoms with Crippen molar-refractivity contribution in [3.8, 4) is 0 Å². The zero-order chi connectivity index (χ0) is 13.5. The Morgan fingerprint density at radius 2 is 2.00 bits per heavy atom. The Bertz CT molecular complexity index is 449. The molecule has 0 radical (unpaired) electrons. The molecule has 6 heteroatoms. The van der Waals surface area contributed by atoms with Gasteiger partial charge in [-0.25, -0.2) is 9.18 Å². The molecule has 0 saturated heterocycles. The van der Waals surface area contributed by atoms with Crippen molar-refractivity contribution in [2.45, 2.75) is 13.8 Å². The van der Waals surface area contributed by atoms with Crippen LogP contribution in [0.3, 0.4) is 0 Å². The highest BCUT2D eigenvalue weighted by Crippen LogP contribution is 2.14. The van der Waals surface area contributed by atoms with Gasteiger partial charge in [0.25, 0.3) is 0 Å². The van der Waals surface area contributed by atoms with E-state index in [1.54, 1.807) is 19.9 Å². The van der Waals surface area contributed by atoms with Gasteiger partial charge in [-0.05, 0) is 31.5 Å². The van der Waals surface area contributed by atoms with Gasteiger partial charge in [0.2, 0.25) is 5.91 Å². The predicted octanol–water partition coefficient (Wildman–Crippen LogP) is 1.39. The van der Waals surface area contributed by atoms with Crippen LogP contribution in [0.1, 0.15) is 12.5 Å². The van der Waals surface area contributed by atoms with Crippen LogP contribution in [0.4, 0.5) is 14.9 Å². The molecule has 0 bridgehead atoms. The molecular formula is C12H16FN3O2. The van der Waals surface area contributed by atoms with Gasteiger partial charge in [-0.3, -0.25) is 4.79 Å². The number of likely N-dealkylation sites (N-methyl/N-ethyl adjacent to an activating group) is 1. The smallest absolute Gasteiger partial charge is 0.319 e. The number of benzene rings is 1. The van der Waals surface area contributed by atoms with Gasteiger partial charge < -0.3 is 16.0 Å². The van der Waals surface area contributed by atoms with Crippen LogP contribution in [0.2, 0.25) is 0 Å². The molecule has 0 atom stereocenters. The van der Waals surface area contributed by atoms with E-state index in [1.165, 1.54) is 12.1 Å². The lowest BCUT2D eigenvalue weighted by Gasteiger charge is -2.08. The van der Waals surface area contributed by atoms with Gasteiger partial charge in [0.15, 0.2) is 0 Å². The van der Waals surface area contributed by atoms with E-state index in [1.807, 2.05) is 0 Å². The molecule has 0 heterocycles. The van der Waals surface area contributed by atoms with E-state index in [4.69, 9.17) is 0 Å². The predicted molar refractivity (Wildman–Crippen MR) is 66.8 cm³/mol. The summed E-state index contributed by atoms with van der Waals surface area (Å²) in [6.45, 7) is 3.88. The Balaban J connectivity index is 2.47. The number of amides is 3. The van der Waals surface area contributed by atoms with Crippen molar-refractivity contribution >= 4 is 17.6 Å². The second kappa shape index (κ2) is 6.58. The molecule has 5 nitrogen and oxygen atoms in total. The highest BCUT2D eigenvalue weighted by atomic mass is 19.1. The standard InChI is InChI=1S/C12H16FN3O2/c1-3-14-11(17)7-15-12(18)16-10-5-4-8(2)6-9(10)13/h4-6H,3,7H2,1-2H3,(H,14,17)(H2,15,16,18). The lowest BCUT2D eigenvalue weighted by Crippen LogP contribution is -2.38. The molecule has 1 aromatic rings. The molecule has 0 aromatic heterocycles. The zero-order valence-electron chi connectivity index (χ0n) is 10.3. The first kappa shape index (κ1) is 14.0. The second-order valence-electron chi connectivity index (χ2n) is 3.74. The maximum absolute atomic E-state index is 13.4. The Morgan fingerprint density at radius 3 is 2.61 bits per heavy atom. The summed E-state index contributed by atoms with van der Waals surface area (Å²) >= 11 is 0. The SMILES string of the molecule is CCNC(=O)CNC(=O)Nc1ccc(C)cc1F. The first-order chi connectivity index (χ1) is 8.52. The Kier molecular flexibility index (Phi) is 5.10. The molecule has 0 aliphatic carbocycles. The quantitative estimate of drug-likeness (QED) is 0.759. The molecule has 0 aliphatic rings. The average Bonchev–Trinajstić information content (AvgIpc) is 2.31. The molecule has 0 unspecified atom stereocenters. The van der Waals surface area contributed by atoms with Crippen molar-refractivity contribution in [2.75, 3.05) is 18.4 Å². The number of nitrogens with one attached hydrogen (secondary N) is 3. The van der Waals surface area contributed by atoms with Crippen molar-refractivity contribution < 1.29 is 14.0 Å². The molecule has 18 heavy (non-hydrogen) atoms. The maximum atomic E-state index is 13.4. The highest BCUT2D eigenvalue weighted by molar-refractivity contribution is 5.92. The Morgan fingerprint density at radius 1 is 1.28 bits per heavy atom. The van der Waals surface area contributed by atoms with Crippen molar-refractivity contribution in [3.05, 3.63) is 29.6 Å². The molecule has 3 amide bonds. The van der Waals surface area contributed by atoms with Crippen LogP contribution in [-0.2, 0) is 4.79 Å². The van der Waals surface area contributed by atoms with Gasteiger partial charge in [-0.2, -0.15) is 0 Å². The third-order valence-corrected chi connectivity index (χ3v) is 2.16. The largest absolute Gasteiger partial charge is 0.355 e. The highest BCUT2D eigenvalue weighted by Gasteiger charge is 2.07. The first-order valence-corrected chi connectivity index (χ1v) is 5.60. The fourth-order valence-electron chi connectivity index (χ4n) is 1.31. The number of hydrogen-bond donors (Lipinski definition) is 3. The Labute approximate surface area is 105 Å². The van der Waals surface area contributed by atoms with E-state index >= 15 is 0 Å². The molecule has 1 rings (SSSR count). The number of hydrogen-bond acceptors (Lipinski definition) is 2. The fraction of sp³-hybridized carbons (Fsp3) is 0.333. The molecule has 0 saturated carbocycles. The van der Waals surface area contributed by atoms with Crippen LogP contribution < -0.4 is 16.0 Å². The van der Waals surface area contributed by atoms with E-state index < -0.39 is 11.8 Å². The summed E-state index contributed by atoms with van der Waals surface area (Å²) in [6.07, 6.45) is 0.